The molecule has 2 aliphatic heterocycles. The minimum atomic E-state index is 0.745. The molecule has 3 heteroatoms. The van der Waals surface area contributed by atoms with Crippen LogP contribution in [-0.2, 0) is 0 Å². The molecule has 52 valence electrons. The van der Waals surface area contributed by atoms with Crippen molar-refractivity contribution in [2.75, 3.05) is 0 Å². The van der Waals surface area contributed by atoms with Crippen LogP contribution in [0.5, 0.6) is 0 Å². The third-order valence-electron chi connectivity index (χ3n) is 2.33. The molecule has 2 nitrogen and oxygen atoms in total. The molecule has 2 bridgehead atoms. The third kappa shape index (κ3) is 0.974. The molecule has 3 aliphatic rings. The fourth-order valence-electron chi connectivity index (χ4n) is 1.82. The Bertz CT molecular complexity index is 102. The van der Waals surface area contributed by atoms with Gasteiger partial charge in [-0.25, -0.2) is 0 Å². The van der Waals surface area contributed by atoms with Crippen molar-refractivity contribution < 1.29 is 0 Å². The maximum absolute atomic E-state index is 5.47. The summed E-state index contributed by atoms with van der Waals surface area (Å²) in [5, 5.41) is 9.69. The lowest BCUT2D eigenvalue weighted by Crippen LogP contribution is -2.58. The molecule has 1 aliphatic carbocycles. The lowest BCUT2D eigenvalue weighted by Gasteiger charge is -2.45. The molecule has 3 atom stereocenters. The molecular formula is C6H12N2S. The first-order valence-electron chi connectivity index (χ1n) is 3.50. The van der Waals surface area contributed by atoms with Crippen LogP contribution in [0.3, 0.4) is 0 Å². The first kappa shape index (κ1) is 6.01. The van der Waals surface area contributed by atoms with E-state index in [-0.39, 0.29) is 0 Å². The Kier molecular flexibility index (Phi) is 1.43. The van der Waals surface area contributed by atoms with Crippen molar-refractivity contribution in [3.05, 3.63) is 0 Å². The van der Waals surface area contributed by atoms with Crippen molar-refractivity contribution in [2.45, 2.75) is 36.6 Å². The summed E-state index contributed by atoms with van der Waals surface area (Å²) in [6.45, 7) is 0. The van der Waals surface area contributed by atoms with Gasteiger partial charge in [0.15, 0.2) is 0 Å². The summed E-state index contributed by atoms with van der Waals surface area (Å²) in [6, 6.07) is 1.62. The fraction of sp³-hybridized carbons (Fsp3) is 1.00. The first-order valence-corrected chi connectivity index (χ1v) is 4.44. The molecule has 9 heavy (non-hydrogen) atoms. The van der Waals surface area contributed by atoms with Gasteiger partial charge in [-0.05, 0) is 19.3 Å². The van der Waals surface area contributed by atoms with Crippen LogP contribution < -0.4 is 10.5 Å². The van der Waals surface area contributed by atoms with E-state index in [1.54, 1.807) is 0 Å². The van der Waals surface area contributed by atoms with E-state index in [0.29, 0.717) is 0 Å². The second kappa shape index (κ2) is 2.15. The largest absolute Gasteiger partial charge is 0.311 e. The summed E-state index contributed by atoms with van der Waals surface area (Å²) < 4.78 is 0. The minimum Gasteiger partial charge on any atom is -0.311 e. The fourth-order valence-corrected chi connectivity index (χ4v) is 2.51. The van der Waals surface area contributed by atoms with Crippen LogP contribution in [0.1, 0.15) is 19.3 Å². The second-order valence-electron chi connectivity index (χ2n) is 3.03. The van der Waals surface area contributed by atoms with Gasteiger partial charge in [0, 0.05) is 17.3 Å². The Hall–Kier alpha value is 0.270. The van der Waals surface area contributed by atoms with E-state index in [2.05, 4.69) is 5.32 Å². The topological polar surface area (TPSA) is 38.0 Å². The maximum Gasteiger partial charge on any atom is 0.0220 e. The Morgan fingerprint density at radius 2 is 1.78 bits per heavy atom. The van der Waals surface area contributed by atoms with Crippen molar-refractivity contribution in [3.8, 4) is 0 Å². The average molecular weight is 144 g/mol. The van der Waals surface area contributed by atoms with Crippen LogP contribution in [-0.4, -0.2) is 17.3 Å². The van der Waals surface area contributed by atoms with Crippen LogP contribution in [0.2, 0.25) is 0 Å². The van der Waals surface area contributed by atoms with E-state index in [0.717, 1.165) is 17.3 Å². The highest BCUT2D eigenvalue weighted by Crippen LogP contribution is 2.32. The molecule has 2 heterocycles. The van der Waals surface area contributed by atoms with Crippen LogP contribution in [0, 0.1) is 0 Å². The second-order valence-corrected chi connectivity index (χ2v) is 3.96. The summed E-state index contributed by atoms with van der Waals surface area (Å²) in [7, 11) is 0. The van der Waals surface area contributed by atoms with E-state index in [4.69, 9.17) is 5.14 Å². The number of hydrogen-bond acceptors (Lipinski definition) is 3. The summed E-state index contributed by atoms with van der Waals surface area (Å²) in [4.78, 5) is 0. The SMILES string of the molecule is NSC1CC2C[C@@H](C1)N2. The quantitative estimate of drug-likeness (QED) is 0.526. The lowest BCUT2D eigenvalue weighted by molar-refractivity contribution is 0.188. The van der Waals surface area contributed by atoms with Gasteiger partial charge in [0.1, 0.15) is 0 Å². The van der Waals surface area contributed by atoms with Crippen LogP contribution in [0.4, 0.5) is 0 Å². The number of piperidine rings is 1. The summed E-state index contributed by atoms with van der Waals surface area (Å²) >= 11 is 1.54. The van der Waals surface area contributed by atoms with Gasteiger partial charge in [0.2, 0.25) is 0 Å². The number of nitrogens with two attached hydrogens (primary N) is 1. The Labute approximate surface area is 59.7 Å². The first-order chi connectivity index (χ1) is 4.38. The molecule has 3 N–H and O–H groups in total. The highest BCUT2D eigenvalue weighted by Gasteiger charge is 2.37. The zero-order valence-electron chi connectivity index (χ0n) is 5.34. The highest BCUT2D eigenvalue weighted by atomic mass is 32.2. The molecule has 0 amide bonds. The van der Waals surface area contributed by atoms with Crippen molar-refractivity contribution >= 4 is 11.9 Å². The number of hydrogen-bond donors (Lipinski definition) is 2. The van der Waals surface area contributed by atoms with Gasteiger partial charge in [-0.15, -0.1) is 0 Å². The standard InChI is InChI=1S/C6H12N2S/c7-9-6-2-4-1-5(3-6)8-4/h4-6,8H,1-3,7H2/t4-,5?,6?/m0/s1. The van der Waals surface area contributed by atoms with Gasteiger partial charge in [-0.3, -0.25) is 5.14 Å². The van der Waals surface area contributed by atoms with Crippen molar-refractivity contribution in [2.24, 2.45) is 5.14 Å². The maximum atomic E-state index is 5.47. The normalized spacial score (nSPS) is 48.3. The predicted molar refractivity (Wildman–Crippen MR) is 40.1 cm³/mol. The molecule has 0 spiro atoms. The smallest absolute Gasteiger partial charge is 0.0220 e. The highest BCUT2D eigenvalue weighted by molar-refractivity contribution is 7.97. The molecule has 0 radical (unpaired) electrons. The van der Waals surface area contributed by atoms with Crippen molar-refractivity contribution in [3.63, 3.8) is 0 Å². The molecule has 0 aromatic heterocycles. The number of nitrogens with one attached hydrogen (secondary N) is 1. The van der Waals surface area contributed by atoms with Gasteiger partial charge < -0.3 is 5.32 Å². The third-order valence-corrected chi connectivity index (χ3v) is 3.10. The van der Waals surface area contributed by atoms with Gasteiger partial charge >= 0.3 is 0 Å². The molecule has 3 fully saturated rings. The van der Waals surface area contributed by atoms with Crippen molar-refractivity contribution in [1.29, 1.82) is 0 Å². The average Bonchev–Trinajstić information content (AvgIpc) is 1.87. The summed E-state index contributed by atoms with van der Waals surface area (Å²) in [5.74, 6) is 0. The molecule has 0 aromatic carbocycles. The van der Waals surface area contributed by atoms with Gasteiger partial charge in [-0.2, -0.15) is 0 Å². The van der Waals surface area contributed by atoms with E-state index >= 15 is 0 Å². The Morgan fingerprint density at radius 1 is 1.22 bits per heavy atom. The monoisotopic (exact) mass is 144 g/mol. The minimum absolute atomic E-state index is 0.745. The molecule has 3 rings (SSSR count). The number of fused-ring (bicyclic) bond motifs is 2. The number of rotatable bonds is 1. The van der Waals surface area contributed by atoms with E-state index in [1.807, 2.05) is 0 Å². The van der Waals surface area contributed by atoms with Crippen LogP contribution in [0.25, 0.3) is 0 Å². The Balaban J connectivity index is 1.89. The van der Waals surface area contributed by atoms with Crippen LogP contribution in [0.15, 0.2) is 0 Å². The predicted octanol–water partition coefficient (Wildman–Crippen LogP) is 0.486. The zero-order valence-corrected chi connectivity index (χ0v) is 6.16. The molecule has 2 unspecified atom stereocenters. The molecule has 0 aromatic rings. The zero-order chi connectivity index (χ0) is 6.27. The molecular weight excluding hydrogens is 132 g/mol. The lowest BCUT2D eigenvalue weighted by atomic mass is 9.82. The summed E-state index contributed by atoms with van der Waals surface area (Å²) in [5.41, 5.74) is 0. The molecule has 2 saturated heterocycles. The van der Waals surface area contributed by atoms with Crippen LogP contribution >= 0.6 is 11.9 Å². The molecule has 1 saturated carbocycles. The van der Waals surface area contributed by atoms with Crippen molar-refractivity contribution in [1.82, 2.24) is 5.32 Å². The van der Waals surface area contributed by atoms with Gasteiger partial charge in [-0.1, -0.05) is 11.9 Å². The Morgan fingerprint density at radius 3 is 2.11 bits per heavy atom. The summed E-state index contributed by atoms with van der Waals surface area (Å²) in [6.07, 6.45) is 3.98. The van der Waals surface area contributed by atoms with E-state index < -0.39 is 0 Å². The van der Waals surface area contributed by atoms with Gasteiger partial charge in [0.05, 0.1) is 0 Å². The van der Waals surface area contributed by atoms with E-state index in [9.17, 15) is 0 Å². The van der Waals surface area contributed by atoms with Gasteiger partial charge in [0.25, 0.3) is 0 Å². The van der Waals surface area contributed by atoms with E-state index in [1.165, 1.54) is 31.2 Å².